The number of carbonyl (C=O) groups is 3. The fourth-order valence-corrected chi connectivity index (χ4v) is 1.90. The zero-order valence-electron chi connectivity index (χ0n) is 13.4. The largest absolute Gasteiger partial charge is 0.426 e. The smallest absolute Gasteiger partial charge is 0.315 e. The minimum Gasteiger partial charge on any atom is -0.426 e. The molecule has 130 valence electrons. The van der Waals surface area contributed by atoms with E-state index in [-0.39, 0.29) is 29.9 Å². The minimum atomic E-state index is -0.525. The number of ether oxygens (including phenoxy) is 2. The maximum absolute atomic E-state index is 11.7. The van der Waals surface area contributed by atoms with E-state index < -0.39 is 16.6 Å². The molecule has 0 spiro atoms. The van der Waals surface area contributed by atoms with Gasteiger partial charge in [0.05, 0.1) is 12.8 Å². The second-order valence-corrected chi connectivity index (χ2v) is 5.37. The summed E-state index contributed by atoms with van der Waals surface area (Å²) in [6.07, 6.45) is 9.56. The van der Waals surface area contributed by atoms with E-state index in [0.717, 1.165) is 0 Å². The van der Waals surface area contributed by atoms with Crippen molar-refractivity contribution in [3.63, 3.8) is 0 Å². The van der Waals surface area contributed by atoms with Crippen LogP contribution in [0.5, 0.6) is 11.5 Å². The molecule has 1 rings (SSSR count). The Bertz CT molecular complexity index is 679. The van der Waals surface area contributed by atoms with Crippen molar-refractivity contribution in [1.29, 1.82) is 0 Å². The summed E-state index contributed by atoms with van der Waals surface area (Å²) < 4.78 is 9.88. The van der Waals surface area contributed by atoms with Crippen molar-refractivity contribution >= 4 is 32.6 Å². The van der Waals surface area contributed by atoms with Crippen LogP contribution in [-0.4, -0.2) is 16.6 Å². The van der Waals surface area contributed by atoms with E-state index in [0.29, 0.717) is 0 Å². The van der Waals surface area contributed by atoms with Crippen molar-refractivity contribution in [3.8, 4) is 11.5 Å². The summed E-state index contributed by atoms with van der Waals surface area (Å²) in [4.78, 5) is 35.0. The number of carbonyl (C=O) groups excluding carboxylic acids is 3. The van der Waals surface area contributed by atoms with Gasteiger partial charge in [-0.1, -0.05) is 49.6 Å². The van der Waals surface area contributed by atoms with Gasteiger partial charge in [0.15, 0.2) is 0 Å². The van der Waals surface area contributed by atoms with Gasteiger partial charge in [-0.05, 0) is 28.1 Å². The van der Waals surface area contributed by atoms with Crippen LogP contribution in [0.2, 0.25) is 0 Å². The van der Waals surface area contributed by atoms with Crippen molar-refractivity contribution in [2.75, 3.05) is 0 Å². The fourth-order valence-electron chi connectivity index (χ4n) is 1.67. The predicted octanol–water partition coefficient (Wildman–Crippen LogP) is 4.30. The second-order valence-electron chi connectivity index (χ2n) is 4.65. The molecule has 0 N–H and O–H groups in total. The molecule has 0 atom stereocenters. The number of esters is 2. The molecular weight excluding hydrogens is 388 g/mol. The molecule has 0 heterocycles. The fraction of sp³-hybridized carbons (Fsp3) is 0.105. The Kier molecular flexibility index (Phi) is 8.89. The summed E-state index contributed by atoms with van der Waals surface area (Å²) in [5.74, 6) is -0.842. The highest BCUT2D eigenvalue weighted by atomic mass is 79.9. The van der Waals surface area contributed by atoms with Gasteiger partial charge in [0.25, 0.3) is 0 Å². The van der Waals surface area contributed by atoms with Crippen molar-refractivity contribution < 1.29 is 23.9 Å². The Morgan fingerprint density at radius 3 is 1.68 bits per heavy atom. The molecule has 0 saturated carbocycles. The molecule has 0 aliphatic rings. The molecule has 0 fully saturated rings. The standard InChI is InChI=1S/C19H17BrO5/c1-3-5-7-9-17(21)24-15-11-14(19(20)23)12-16(13-15)25-18(22)10-8-6-4-2/h3-8,11-13H,1-2,9-10H2/b7-5+,8-6+. The summed E-state index contributed by atoms with van der Waals surface area (Å²) in [6, 6.07) is 4.12. The number of hydrogen-bond acceptors (Lipinski definition) is 5. The molecule has 0 amide bonds. The zero-order valence-corrected chi connectivity index (χ0v) is 15.0. The maximum atomic E-state index is 11.7. The van der Waals surface area contributed by atoms with Gasteiger partial charge in [-0.3, -0.25) is 14.4 Å². The van der Waals surface area contributed by atoms with E-state index in [9.17, 15) is 14.4 Å². The first-order valence-electron chi connectivity index (χ1n) is 7.27. The molecule has 25 heavy (non-hydrogen) atoms. The van der Waals surface area contributed by atoms with Gasteiger partial charge >= 0.3 is 11.9 Å². The van der Waals surface area contributed by atoms with Crippen molar-refractivity contribution in [2.45, 2.75) is 12.8 Å². The number of halogens is 1. The Labute approximate surface area is 154 Å². The van der Waals surface area contributed by atoms with Gasteiger partial charge in [-0.2, -0.15) is 0 Å². The lowest BCUT2D eigenvalue weighted by atomic mass is 10.2. The Balaban J connectivity index is 2.91. The minimum absolute atomic E-state index is 0.0416. The van der Waals surface area contributed by atoms with Crippen LogP contribution in [-0.2, 0) is 9.59 Å². The summed E-state index contributed by atoms with van der Waals surface area (Å²) >= 11 is 2.82. The third kappa shape index (κ3) is 8.08. The highest BCUT2D eigenvalue weighted by Crippen LogP contribution is 2.25. The Hall–Kier alpha value is -2.73. The van der Waals surface area contributed by atoms with E-state index >= 15 is 0 Å². The quantitative estimate of drug-likeness (QED) is 0.265. The molecule has 0 unspecified atom stereocenters. The van der Waals surface area contributed by atoms with E-state index in [2.05, 4.69) is 29.1 Å². The Morgan fingerprint density at radius 2 is 1.32 bits per heavy atom. The molecule has 0 radical (unpaired) electrons. The number of hydrogen-bond donors (Lipinski definition) is 0. The summed E-state index contributed by atoms with van der Waals surface area (Å²) in [7, 11) is 0. The predicted molar refractivity (Wildman–Crippen MR) is 98.9 cm³/mol. The maximum Gasteiger partial charge on any atom is 0.315 e. The van der Waals surface area contributed by atoms with Gasteiger partial charge in [0.2, 0.25) is 4.69 Å². The molecule has 1 aromatic rings. The molecule has 5 nitrogen and oxygen atoms in total. The molecule has 1 aromatic carbocycles. The molecule has 6 heteroatoms. The average Bonchev–Trinajstić information content (AvgIpc) is 2.55. The van der Waals surface area contributed by atoms with Crippen LogP contribution >= 0.6 is 15.9 Å². The van der Waals surface area contributed by atoms with Gasteiger partial charge in [0.1, 0.15) is 11.5 Å². The number of benzene rings is 1. The normalized spacial score (nSPS) is 10.6. The van der Waals surface area contributed by atoms with Gasteiger partial charge < -0.3 is 9.47 Å². The van der Waals surface area contributed by atoms with Crippen molar-refractivity contribution in [2.24, 2.45) is 0 Å². The third-order valence-corrected chi connectivity index (χ3v) is 3.14. The highest BCUT2D eigenvalue weighted by Gasteiger charge is 2.12. The van der Waals surface area contributed by atoms with Gasteiger partial charge in [0, 0.05) is 11.6 Å². The molecule has 0 aliphatic heterocycles. The zero-order chi connectivity index (χ0) is 18.7. The molecule has 0 aromatic heterocycles. The van der Waals surface area contributed by atoms with Crippen LogP contribution in [0, 0.1) is 0 Å². The van der Waals surface area contributed by atoms with E-state index in [1.807, 2.05) is 0 Å². The second kappa shape index (κ2) is 10.9. The van der Waals surface area contributed by atoms with Crippen LogP contribution in [0.15, 0.2) is 67.8 Å². The lowest BCUT2D eigenvalue weighted by Gasteiger charge is -2.08. The van der Waals surface area contributed by atoms with Crippen LogP contribution in [0.4, 0.5) is 0 Å². The summed E-state index contributed by atoms with van der Waals surface area (Å²) in [6.45, 7) is 7.00. The van der Waals surface area contributed by atoms with Crippen LogP contribution < -0.4 is 9.47 Å². The highest BCUT2D eigenvalue weighted by molar-refractivity contribution is 9.18. The topological polar surface area (TPSA) is 69.7 Å². The first-order chi connectivity index (χ1) is 12.0. The molecule has 0 bridgehead atoms. The monoisotopic (exact) mass is 404 g/mol. The first-order valence-corrected chi connectivity index (χ1v) is 8.07. The van der Waals surface area contributed by atoms with Crippen LogP contribution in [0.25, 0.3) is 0 Å². The van der Waals surface area contributed by atoms with Crippen LogP contribution in [0.1, 0.15) is 23.2 Å². The third-order valence-electron chi connectivity index (χ3n) is 2.68. The molecule has 0 aliphatic carbocycles. The van der Waals surface area contributed by atoms with Crippen LogP contribution in [0.3, 0.4) is 0 Å². The first kappa shape index (κ1) is 20.3. The van der Waals surface area contributed by atoms with Gasteiger partial charge in [-0.15, -0.1) is 0 Å². The van der Waals surface area contributed by atoms with Crippen molar-refractivity contribution in [1.82, 2.24) is 0 Å². The lowest BCUT2D eigenvalue weighted by Crippen LogP contribution is -2.09. The molecule has 0 saturated heterocycles. The summed E-state index contributed by atoms with van der Waals surface area (Å²) in [5.41, 5.74) is 0.191. The van der Waals surface area contributed by atoms with Crippen molar-refractivity contribution in [3.05, 3.63) is 73.4 Å². The number of rotatable bonds is 9. The van der Waals surface area contributed by atoms with Gasteiger partial charge in [-0.25, -0.2) is 0 Å². The molecular formula is C19H17BrO5. The SMILES string of the molecule is C=C/C=C/CC(=O)Oc1cc(OC(=O)C/C=C/C=C)cc(C(=O)Br)c1. The lowest BCUT2D eigenvalue weighted by molar-refractivity contribution is -0.133. The van der Waals surface area contributed by atoms with E-state index in [1.54, 1.807) is 24.3 Å². The Morgan fingerprint density at radius 1 is 0.880 bits per heavy atom. The van der Waals surface area contributed by atoms with E-state index in [1.165, 1.54) is 30.4 Å². The number of allylic oxidation sites excluding steroid dienone is 4. The average molecular weight is 405 g/mol. The van der Waals surface area contributed by atoms with E-state index in [4.69, 9.17) is 9.47 Å². The summed E-state index contributed by atoms with van der Waals surface area (Å²) in [5, 5.41) is 0.